The molecular formula is C36H69N3OSi. The first-order chi connectivity index (χ1) is 19.8. The van der Waals surface area contributed by atoms with E-state index in [0.29, 0.717) is 24.2 Å². The van der Waals surface area contributed by atoms with Gasteiger partial charge in [-0.25, -0.2) is 0 Å². The molecule has 4 nitrogen and oxygen atoms in total. The number of nitrogens with one attached hydrogen (secondary N) is 1. The van der Waals surface area contributed by atoms with Crippen molar-refractivity contribution in [3.8, 4) is 0 Å². The minimum Gasteiger partial charge on any atom is -0.417 e. The standard InChI is InChI=1S/C36H69N3OSi/c1-9-28-19-15-20-29(10-2)35(28)37-27(7)32-23-17-24-33(38-32)34(25-18-26-40-41(8,13-5)14-6)39-36-30(11-3)21-16-22-31(36)12-4/h28-33,35-36,38H,9-26H2,1-8H3. The van der Waals surface area contributed by atoms with Crippen LogP contribution in [0.5, 0.6) is 0 Å². The Morgan fingerprint density at radius 3 is 1.63 bits per heavy atom. The quantitative estimate of drug-likeness (QED) is 0.118. The van der Waals surface area contributed by atoms with Crippen molar-refractivity contribution in [1.29, 1.82) is 0 Å². The van der Waals surface area contributed by atoms with Gasteiger partial charge in [0.2, 0.25) is 0 Å². The molecule has 6 unspecified atom stereocenters. The van der Waals surface area contributed by atoms with Gasteiger partial charge in [0.25, 0.3) is 0 Å². The highest BCUT2D eigenvalue weighted by Gasteiger charge is 2.35. The third-order valence-electron chi connectivity index (χ3n) is 11.8. The molecule has 0 amide bonds. The summed E-state index contributed by atoms with van der Waals surface area (Å²) in [4.78, 5) is 11.3. The highest BCUT2D eigenvalue weighted by molar-refractivity contribution is 6.72. The average Bonchev–Trinajstić information content (AvgIpc) is 3.02. The molecule has 3 rings (SSSR count). The maximum atomic E-state index is 6.57. The lowest BCUT2D eigenvalue weighted by Gasteiger charge is -2.39. The second-order valence-electron chi connectivity index (χ2n) is 14.2. The fourth-order valence-corrected chi connectivity index (χ4v) is 9.89. The fraction of sp³-hybridized carbons (Fsp3) is 0.944. The van der Waals surface area contributed by atoms with E-state index in [9.17, 15) is 0 Å². The van der Waals surface area contributed by atoms with Crippen molar-refractivity contribution in [3.05, 3.63) is 0 Å². The summed E-state index contributed by atoms with van der Waals surface area (Å²) in [6.45, 7) is 19.8. The summed E-state index contributed by atoms with van der Waals surface area (Å²) in [5, 5.41) is 4.15. The molecule has 1 saturated heterocycles. The number of rotatable bonds is 15. The van der Waals surface area contributed by atoms with Gasteiger partial charge >= 0.3 is 0 Å². The van der Waals surface area contributed by atoms with Gasteiger partial charge < -0.3 is 9.74 Å². The molecule has 0 aromatic heterocycles. The predicted octanol–water partition coefficient (Wildman–Crippen LogP) is 10.0. The molecule has 3 aliphatic rings. The third-order valence-corrected chi connectivity index (χ3v) is 15.7. The van der Waals surface area contributed by atoms with Crippen molar-refractivity contribution < 1.29 is 4.43 Å². The second-order valence-corrected chi connectivity index (χ2v) is 18.8. The van der Waals surface area contributed by atoms with Crippen molar-refractivity contribution in [3.63, 3.8) is 0 Å². The van der Waals surface area contributed by atoms with Crippen LogP contribution in [0, 0.1) is 23.7 Å². The molecule has 238 valence electrons. The maximum absolute atomic E-state index is 6.57. The smallest absolute Gasteiger partial charge is 0.189 e. The Kier molecular flexibility index (Phi) is 15.1. The van der Waals surface area contributed by atoms with Gasteiger partial charge in [-0.05, 0) is 107 Å². The Hall–Kier alpha value is -0.523. The van der Waals surface area contributed by atoms with Crippen LogP contribution in [0.3, 0.4) is 0 Å². The van der Waals surface area contributed by atoms with Crippen LogP contribution < -0.4 is 5.32 Å². The first kappa shape index (κ1) is 35.0. The molecule has 1 N–H and O–H groups in total. The Morgan fingerprint density at radius 2 is 1.15 bits per heavy atom. The van der Waals surface area contributed by atoms with E-state index in [1.165, 1.54) is 107 Å². The Morgan fingerprint density at radius 1 is 0.683 bits per heavy atom. The monoisotopic (exact) mass is 588 g/mol. The Labute approximate surface area is 256 Å². The van der Waals surface area contributed by atoms with E-state index in [-0.39, 0.29) is 0 Å². The van der Waals surface area contributed by atoms with Crippen molar-refractivity contribution >= 4 is 19.7 Å². The molecule has 0 aromatic carbocycles. The van der Waals surface area contributed by atoms with Crippen LogP contribution in [0.1, 0.15) is 145 Å². The second kappa shape index (κ2) is 17.7. The molecule has 3 fully saturated rings. The Bertz CT molecular complexity index is 785. The van der Waals surface area contributed by atoms with E-state index in [1.807, 2.05) is 0 Å². The minimum absolute atomic E-state index is 0.395. The highest BCUT2D eigenvalue weighted by Crippen LogP contribution is 2.37. The van der Waals surface area contributed by atoms with E-state index < -0.39 is 8.32 Å². The first-order valence-electron chi connectivity index (χ1n) is 18.3. The van der Waals surface area contributed by atoms with Crippen LogP contribution in [0.4, 0.5) is 0 Å². The molecule has 1 aliphatic heterocycles. The zero-order chi connectivity index (χ0) is 29.8. The van der Waals surface area contributed by atoms with Crippen LogP contribution in [0.15, 0.2) is 9.98 Å². The van der Waals surface area contributed by atoms with Gasteiger partial charge in [-0.2, -0.15) is 0 Å². The minimum atomic E-state index is -1.52. The van der Waals surface area contributed by atoms with Crippen LogP contribution >= 0.6 is 0 Å². The zero-order valence-electron chi connectivity index (χ0n) is 28.6. The van der Waals surface area contributed by atoms with E-state index >= 15 is 0 Å². The van der Waals surface area contributed by atoms with E-state index in [4.69, 9.17) is 14.4 Å². The maximum Gasteiger partial charge on any atom is 0.189 e. The summed E-state index contributed by atoms with van der Waals surface area (Å²) in [5.74, 6) is 3.04. The summed E-state index contributed by atoms with van der Waals surface area (Å²) in [5.41, 5.74) is 2.83. The molecule has 1 heterocycles. The van der Waals surface area contributed by atoms with Crippen LogP contribution in [-0.4, -0.2) is 50.5 Å². The van der Waals surface area contributed by atoms with Gasteiger partial charge in [-0.3, -0.25) is 9.98 Å². The first-order valence-corrected chi connectivity index (χ1v) is 21.2. The van der Waals surface area contributed by atoms with E-state index in [1.54, 1.807) is 0 Å². The van der Waals surface area contributed by atoms with Gasteiger partial charge in [0.1, 0.15) is 0 Å². The van der Waals surface area contributed by atoms with Crippen molar-refractivity contribution in [2.24, 2.45) is 33.7 Å². The number of piperidine rings is 1. The average molecular weight is 588 g/mol. The molecule has 5 heteroatoms. The lowest BCUT2D eigenvalue weighted by molar-refractivity contribution is 0.210. The van der Waals surface area contributed by atoms with Crippen molar-refractivity contribution in [2.75, 3.05) is 6.61 Å². The van der Waals surface area contributed by atoms with Gasteiger partial charge in [0, 0.05) is 30.1 Å². The van der Waals surface area contributed by atoms with E-state index in [0.717, 1.165) is 43.1 Å². The van der Waals surface area contributed by atoms with Crippen LogP contribution in [-0.2, 0) is 4.43 Å². The predicted molar refractivity (Wildman–Crippen MR) is 183 cm³/mol. The van der Waals surface area contributed by atoms with Gasteiger partial charge in [0.05, 0.1) is 12.1 Å². The number of aliphatic imine (C=N–C) groups is 2. The summed E-state index contributed by atoms with van der Waals surface area (Å²) in [6, 6.07) is 4.26. The zero-order valence-corrected chi connectivity index (χ0v) is 29.6. The molecule has 0 aromatic rings. The summed E-state index contributed by atoms with van der Waals surface area (Å²) in [7, 11) is -1.52. The summed E-state index contributed by atoms with van der Waals surface area (Å²) in [6.07, 6.45) is 19.2. The van der Waals surface area contributed by atoms with Gasteiger partial charge in [-0.1, -0.05) is 80.1 Å². The SMILES string of the molecule is CCC1CCCC(CC)C1N=C(C)C1CCCC(C(CCCO[Si](C)(CC)CC)=NC2C(CC)CCCC2CC)N1. The van der Waals surface area contributed by atoms with Gasteiger partial charge in [0.15, 0.2) is 8.32 Å². The summed E-state index contributed by atoms with van der Waals surface area (Å²) < 4.78 is 6.57. The largest absolute Gasteiger partial charge is 0.417 e. The fourth-order valence-electron chi connectivity index (χ4n) is 8.34. The Balaban J connectivity index is 1.80. The van der Waals surface area contributed by atoms with Crippen molar-refractivity contribution in [2.45, 2.75) is 188 Å². The number of hydrogen-bond donors (Lipinski definition) is 1. The molecule has 0 bridgehead atoms. The molecule has 41 heavy (non-hydrogen) atoms. The number of nitrogens with zero attached hydrogens (tertiary/aromatic N) is 2. The third kappa shape index (κ3) is 9.73. The topological polar surface area (TPSA) is 46.0 Å². The van der Waals surface area contributed by atoms with E-state index in [2.05, 4.69) is 60.3 Å². The molecule has 0 spiro atoms. The normalized spacial score (nSPS) is 34.1. The van der Waals surface area contributed by atoms with Crippen LogP contribution in [0.2, 0.25) is 18.6 Å². The highest BCUT2D eigenvalue weighted by atomic mass is 28.4. The summed E-state index contributed by atoms with van der Waals surface area (Å²) >= 11 is 0. The van der Waals surface area contributed by atoms with Crippen molar-refractivity contribution in [1.82, 2.24) is 5.32 Å². The molecule has 2 saturated carbocycles. The number of hydrogen-bond acceptors (Lipinski definition) is 4. The molecular weight excluding hydrogens is 519 g/mol. The lowest BCUT2D eigenvalue weighted by atomic mass is 9.74. The van der Waals surface area contributed by atoms with Gasteiger partial charge in [-0.15, -0.1) is 0 Å². The lowest BCUT2D eigenvalue weighted by Crippen LogP contribution is -2.51. The molecule has 2 aliphatic carbocycles. The molecule has 0 radical (unpaired) electrons. The van der Waals surface area contributed by atoms with Crippen LogP contribution in [0.25, 0.3) is 0 Å². The molecule has 6 atom stereocenters.